The van der Waals surface area contributed by atoms with Crippen LogP contribution < -0.4 is 5.14 Å². The van der Waals surface area contributed by atoms with Gasteiger partial charge in [0.05, 0.1) is 0 Å². The van der Waals surface area contributed by atoms with Gasteiger partial charge in [-0.05, 0) is 13.3 Å². The summed E-state index contributed by atoms with van der Waals surface area (Å²) in [5.74, 6) is 0.768. The molecule has 1 rings (SSSR count). The van der Waals surface area contributed by atoms with Gasteiger partial charge in [-0.25, -0.2) is 18.5 Å². The SMILES string of the molecule is CCCC(C)n1cc(S(N)(=O)=O)nc1CC. The minimum absolute atomic E-state index is 0.0349. The Balaban J connectivity index is 3.14. The molecule has 0 spiro atoms. The van der Waals surface area contributed by atoms with E-state index in [9.17, 15) is 8.42 Å². The summed E-state index contributed by atoms with van der Waals surface area (Å²) in [6.07, 6.45) is 4.28. The lowest BCUT2D eigenvalue weighted by molar-refractivity contribution is 0.483. The summed E-state index contributed by atoms with van der Waals surface area (Å²) in [5, 5.41) is 5.03. The van der Waals surface area contributed by atoms with Crippen LogP contribution in [0.25, 0.3) is 0 Å². The zero-order chi connectivity index (χ0) is 12.3. The monoisotopic (exact) mass is 245 g/mol. The van der Waals surface area contributed by atoms with Crippen molar-refractivity contribution in [3.05, 3.63) is 12.0 Å². The van der Waals surface area contributed by atoms with Crippen molar-refractivity contribution in [1.82, 2.24) is 9.55 Å². The maximum absolute atomic E-state index is 11.2. The Labute approximate surface area is 96.7 Å². The topological polar surface area (TPSA) is 78.0 Å². The molecule has 1 aromatic rings. The molecule has 0 fully saturated rings. The Morgan fingerprint density at radius 2 is 2.12 bits per heavy atom. The first-order valence-corrected chi connectivity index (χ1v) is 7.05. The van der Waals surface area contributed by atoms with E-state index in [-0.39, 0.29) is 11.1 Å². The summed E-state index contributed by atoms with van der Waals surface area (Å²) in [6.45, 7) is 6.10. The average Bonchev–Trinajstić information content (AvgIpc) is 2.61. The highest BCUT2D eigenvalue weighted by atomic mass is 32.2. The number of primary sulfonamides is 1. The van der Waals surface area contributed by atoms with Gasteiger partial charge in [-0.1, -0.05) is 20.3 Å². The molecule has 1 aromatic heterocycles. The smallest absolute Gasteiger partial charge is 0.257 e. The van der Waals surface area contributed by atoms with Gasteiger partial charge in [0.2, 0.25) is 0 Å². The van der Waals surface area contributed by atoms with E-state index in [0.29, 0.717) is 6.42 Å². The molecule has 0 aliphatic heterocycles. The number of sulfonamides is 1. The van der Waals surface area contributed by atoms with Gasteiger partial charge in [0.1, 0.15) is 5.82 Å². The van der Waals surface area contributed by atoms with E-state index in [4.69, 9.17) is 5.14 Å². The first kappa shape index (κ1) is 13.2. The molecule has 0 amide bonds. The lowest BCUT2D eigenvalue weighted by Gasteiger charge is -2.14. The van der Waals surface area contributed by atoms with Crippen molar-refractivity contribution in [2.24, 2.45) is 5.14 Å². The summed E-state index contributed by atoms with van der Waals surface area (Å²) in [7, 11) is -3.69. The van der Waals surface area contributed by atoms with Crippen LogP contribution in [-0.2, 0) is 16.4 Å². The Morgan fingerprint density at radius 1 is 1.50 bits per heavy atom. The van der Waals surface area contributed by atoms with Gasteiger partial charge in [-0.15, -0.1) is 0 Å². The second kappa shape index (κ2) is 4.97. The highest BCUT2D eigenvalue weighted by Crippen LogP contribution is 2.18. The molecule has 16 heavy (non-hydrogen) atoms. The minimum Gasteiger partial charge on any atom is -0.331 e. The minimum atomic E-state index is -3.69. The van der Waals surface area contributed by atoms with E-state index in [0.717, 1.165) is 18.7 Å². The second-order valence-electron chi connectivity index (χ2n) is 3.94. The molecular formula is C10H19N3O2S. The molecule has 1 unspecified atom stereocenters. The van der Waals surface area contributed by atoms with Crippen LogP contribution in [0.4, 0.5) is 0 Å². The Kier molecular flexibility index (Phi) is 4.09. The van der Waals surface area contributed by atoms with E-state index in [1.165, 1.54) is 6.20 Å². The van der Waals surface area contributed by atoms with Gasteiger partial charge in [0, 0.05) is 18.7 Å². The molecule has 2 N–H and O–H groups in total. The predicted octanol–water partition coefficient (Wildman–Crippen LogP) is 1.45. The van der Waals surface area contributed by atoms with Crippen LogP contribution in [0, 0.1) is 0 Å². The third-order valence-corrected chi connectivity index (χ3v) is 3.36. The van der Waals surface area contributed by atoms with Gasteiger partial charge in [0.25, 0.3) is 10.0 Å². The molecule has 0 aliphatic carbocycles. The first-order valence-electron chi connectivity index (χ1n) is 5.50. The zero-order valence-electron chi connectivity index (χ0n) is 9.97. The van der Waals surface area contributed by atoms with Crippen LogP contribution in [0.15, 0.2) is 11.2 Å². The number of imidazole rings is 1. The van der Waals surface area contributed by atoms with Gasteiger partial charge < -0.3 is 4.57 Å². The lowest BCUT2D eigenvalue weighted by Crippen LogP contribution is -2.12. The van der Waals surface area contributed by atoms with Crippen LogP contribution >= 0.6 is 0 Å². The zero-order valence-corrected chi connectivity index (χ0v) is 10.8. The highest BCUT2D eigenvalue weighted by Gasteiger charge is 2.17. The quantitative estimate of drug-likeness (QED) is 0.853. The van der Waals surface area contributed by atoms with Crippen LogP contribution in [-0.4, -0.2) is 18.0 Å². The molecular weight excluding hydrogens is 226 g/mol. The predicted molar refractivity (Wildman–Crippen MR) is 62.6 cm³/mol. The average molecular weight is 245 g/mol. The van der Waals surface area contributed by atoms with Crippen molar-refractivity contribution < 1.29 is 8.42 Å². The molecule has 92 valence electrons. The number of nitrogens with two attached hydrogens (primary N) is 1. The van der Waals surface area contributed by atoms with Crippen LogP contribution in [0.3, 0.4) is 0 Å². The molecule has 0 aromatic carbocycles. The van der Waals surface area contributed by atoms with Gasteiger partial charge >= 0.3 is 0 Å². The van der Waals surface area contributed by atoms with E-state index < -0.39 is 10.0 Å². The van der Waals surface area contributed by atoms with Crippen LogP contribution in [0.5, 0.6) is 0 Å². The second-order valence-corrected chi connectivity index (χ2v) is 5.45. The third kappa shape index (κ3) is 2.82. The largest absolute Gasteiger partial charge is 0.331 e. The molecule has 0 radical (unpaired) electrons. The highest BCUT2D eigenvalue weighted by molar-refractivity contribution is 7.89. The summed E-state index contributed by atoms with van der Waals surface area (Å²) in [5.41, 5.74) is 0. The molecule has 0 bridgehead atoms. The van der Waals surface area contributed by atoms with Crippen molar-refractivity contribution in [2.45, 2.75) is 51.1 Å². The summed E-state index contributed by atoms with van der Waals surface area (Å²) in [4.78, 5) is 4.05. The fraction of sp³-hybridized carbons (Fsp3) is 0.700. The van der Waals surface area contributed by atoms with Crippen molar-refractivity contribution in [1.29, 1.82) is 0 Å². The van der Waals surface area contributed by atoms with Crippen LogP contribution in [0.2, 0.25) is 0 Å². The maximum Gasteiger partial charge on any atom is 0.257 e. The van der Waals surface area contributed by atoms with Crippen molar-refractivity contribution in [3.8, 4) is 0 Å². The number of hydrogen-bond donors (Lipinski definition) is 1. The number of aryl methyl sites for hydroxylation is 1. The molecule has 6 heteroatoms. The fourth-order valence-electron chi connectivity index (χ4n) is 1.74. The molecule has 5 nitrogen and oxygen atoms in total. The van der Waals surface area contributed by atoms with Gasteiger partial charge in [-0.3, -0.25) is 0 Å². The van der Waals surface area contributed by atoms with Crippen molar-refractivity contribution >= 4 is 10.0 Å². The summed E-state index contributed by atoms with van der Waals surface area (Å²) >= 11 is 0. The van der Waals surface area contributed by atoms with Crippen molar-refractivity contribution in [3.63, 3.8) is 0 Å². The van der Waals surface area contributed by atoms with E-state index in [1.807, 2.05) is 11.5 Å². The number of nitrogens with zero attached hydrogens (tertiary/aromatic N) is 2. The number of hydrogen-bond acceptors (Lipinski definition) is 3. The molecule has 1 heterocycles. The van der Waals surface area contributed by atoms with Crippen molar-refractivity contribution in [2.75, 3.05) is 0 Å². The molecule has 1 atom stereocenters. The van der Waals surface area contributed by atoms with Gasteiger partial charge in [-0.2, -0.15) is 0 Å². The first-order chi connectivity index (χ1) is 7.40. The number of aromatic nitrogens is 2. The molecule has 0 saturated carbocycles. The maximum atomic E-state index is 11.2. The lowest BCUT2D eigenvalue weighted by atomic mass is 10.2. The normalized spacial score (nSPS) is 14.0. The Bertz CT molecular complexity index is 451. The fourth-order valence-corrected chi connectivity index (χ4v) is 2.24. The standard InChI is InChI=1S/C10H19N3O2S/c1-4-6-8(3)13-7-10(16(11,14)15)12-9(13)5-2/h7-8H,4-6H2,1-3H3,(H2,11,14,15). The van der Waals surface area contributed by atoms with E-state index >= 15 is 0 Å². The number of rotatable bonds is 5. The van der Waals surface area contributed by atoms with E-state index in [1.54, 1.807) is 0 Å². The van der Waals surface area contributed by atoms with E-state index in [2.05, 4.69) is 18.8 Å². The van der Waals surface area contributed by atoms with Crippen LogP contribution in [0.1, 0.15) is 45.5 Å². The molecule has 0 saturated heterocycles. The molecule has 0 aliphatic rings. The van der Waals surface area contributed by atoms with Gasteiger partial charge in [0.15, 0.2) is 5.03 Å². The third-order valence-electron chi connectivity index (χ3n) is 2.58. The summed E-state index contributed by atoms with van der Waals surface area (Å²) in [6, 6.07) is 0.253. The summed E-state index contributed by atoms with van der Waals surface area (Å²) < 4.78 is 24.3. The Hall–Kier alpha value is -0.880. The Morgan fingerprint density at radius 3 is 2.56 bits per heavy atom.